The lowest BCUT2D eigenvalue weighted by Gasteiger charge is -2.22. The molecule has 2 amide bonds. The van der Waals surface area contributed by atoms with E-state index in [4.69, 9.17) is 10.00 Å². The molecule has 23 heavy (non-hydrogen) atoms. The molecule has 5 nitrogen and oxygen atoms in total. The van der Waals surface area contributed by atoms with Crippen molar-refractivity contribution in [1.29, 1.82) is 5.26 Å². The number of carbonyl (C=O) groups is 1. The first-order valence-electron chi connectivity index (χ1n) is 8.01. The van der Waals surface area contributed by atoms with Gasteiger partial charge in [0.2, 0.25) is 0 Å². The van der Waals surface area contributed by atoms with E-state index in [-0.39, 0.29) is 12.6 Å². The SMILES string of the molecule is N#Cc1ccc(F)c(CNC(=O)NCCC[C@@H]2CCCCO2)c1. The van der Waals surface area contributed by atoms with Crippen LogP contribution in [0, 0.1) is 17.1 Å². The van der Waals surface area contributed by atoms with Gasteiger partial charge in [-0.3, -0.25) is 0 Å². The van der Waals surface area contributed by atoms with Crippen molar-refractivity contribution in [1.82, 2.24) is 10.6 Å². The van der Waals surface area contributed by atoms with Crippen LogP contribution in [0.5, 0.6) is 0 Å². The van der Waals surface area contributed by atoms with Crippen LogP contribution in [0.3, 0.4) is 0 Å². The van der Waals surface area contributed by atoms with E-state index < -0.39 is 5.82 Å². The summed E-state index contributed by atoms with van der Waals surface area (Å²) in [6.45, 7) is 1.46. The van der Waals surface area contributed by atoms with Crippen molar-refractivity contribution in [2.24, 2.45) is 0 Å². The smallest absolute Gasteiger partial charge is 0.315 e. The number of hydrogen-bond acceptors (Lipinski definition) is 3. The molecule has 124 valence electrons. The summed E-state index contributed by atoms with van der Waals surface area (Å²) in [5, 5.41) is 14.1. The highest BCUT2D eigenvalue weighted by molar-refractivity contribution is 5.73. The molecule has 0 spiro atoms. The molecule has 0 unspecified atom stereocenters. The summed E-state index contributed by atoms with van der Waals surface area (Å²) in [5.74, 6) is -0.432. The van der Waals surface area contributed by atoms with Gasteiger partial charge in [-0.05, 0) is 50.3 Å². The monoisotopic (exact) mass is 319 g/mol. The number of carbonyl (C=O) groups excluding carboxylic acids is 1. The van der Waals surface area contributed by atoms with Crippen LogP contribution in [-0.4, -0.2) is 25.3 Å². The Kier molecular flexibility index (Phi) is 6.82. The second-order valence-corrected chi connectivity index (χ2v) is 5.66. The first-order chi connectivity index (χ1) is 11.2. The second-order valence-electron chi connectivity index (χ2n) is 5.66. The van der Waals surface area contributed by atoms with E-state index >= 15 is 0 Å². The van der Waals surface area contributed by atoms with Gasteiger partial charge in [-0.25, -0.2) is 9.18 Å². The van der Waals surface area contributed by atoms with Crippen LogP contribution in [0.1, 0.15) is 43.2 Å². The van der Waals surface area contributed by atoms with Crippen LogP contribution in [0.15, 0.2) is 18.2 Å². The number of nitriles is 1. The van der Waals surface area contributed by atoms with Crippen molar-refractivity contribution in [3.05, 3.63) is 35.1 Å². The molecule has 1 atom stereocenters. The van der Waals surface area contributed by atoms with Crippen molar-refractivity contribution in [2.75, 3.05) is 13.2 Å². The molecule has 0 radical (unpaired) electrons. The van der Waals surface area contributed by atoms with Gasteiger partial charge in [0.25, 0.3) is 0 Å². The van der Waals surface area contributed by atoms with Crippen LogP contribution >= 0.6 is 0 Å². The number of nitrogens with zero attached hydrogens (tertiary/aromatic N) is 1. The Labute approximate surface area is 135 Å². The lowest BCUT2D eigenvalue weighted by molar-refractivity contribution is 0.0103. The molecule has 1 aliphatic rings. The minimum absolute atomic E-state index is 0.0545. The maximum atomic E-state index is 13.6. The summed E-state index contributed by atoms with van der Waals surface area (Å²) >= 11 is 0. The van der Waals surface area contributed by atoms with Gasteiger partial charge in [0.05, 0.1) is 17.7 Å². The molecule has 6 heteroatoms. The Morgan fingerprint density at radius 3 is 3.00 bits per heavy atom. The minimum atomic E-state index is -0.432. The maximum absolute atomic E-state index is 13.6. The molecule has 1 saturated heterocycles. The zero-order valence-corrected chi connectivity index (χ0v) is 13.1. The van der Waals surface area contributed by atoms with Crippen molar-refractivity contribution < 1.29 is 13.9 Å². The fourth-order valence-electron chi connectivity index (χ4n) is 2.58. The fourth-order valence-corrected chi connectivity index (χ4v) is 2.58. The van der Waals surface area contributed by atoms with Gasteiger partial charge in [0.15, 0.2) is 0 Å². The highest BCUT2D eigenvalue weighted by Gasteiger charge is 2.13. The summed E-state index contributed by atoms with van der Waals surface area (Å²) in [5.41, 5.74) is 0.672. The van der Waals surface area contributed by atoms with E-state index in [0.717, 1.165) is 32.3 Å². The number of urea groups is 1. The normalized spacial score (nSPS) is 17.3. The van der Waals surface area contributed by atoms with Gasteiger partial charge < -0.3 is 15.4 Å². The zero-order chi connectivity index (χ0) is 16.5. The first-order valence-corrected chi connectivity index (χ1v) is 8.01. The summed E-state index contributed by atoms with van der Waals surface area (Å²) < 4.78 is 19.2. The summed E-state index contributed by atoms with van der Waals surface area (Å²) in [6, 6.07) is 5.69. The molecule has 2 N–H and O–H groups in total. The molecular formula is C17H22FN3O2. The van der Waals surface area contributed by atoms with E-state index in [0.29, 0.717) is 23.8 Å². The molecule has 2 rings (SSSR count). The van der Waals surface area contributed by atoms with Crippen LogP contribution in [-0.2, 0) is 11.3 Å². The van der Waals surface area contributed by atoms with Gasteiger partial charge in [-0.1, -0.05) is 0 Å². The van der Waals surface area contributed by atoms with Gasteiger partial charge >= 0.3 is 6.03 Å². The predicted molar refractivity (Wildman–Crippen MR) is 84.2 cm³/mol. The van der Waals surface area contributed by atoms with E-state index in [1.807, 2.05) is 6.07 Å². The van der Waals surface area contributed by atoms with E-state index in [2.05, 4.69) is 10.6 Å². The quantitative estimate of drug-likeness (QED) is 0.792. The minimum Gasteiger partial charge on any atom is -0.378 e. The number of nitrogens with one attached hydrogen (secondary N) is 2. The molecule has 1 heterocycles. The molecule has 1 fully saturated rings. The topological polar surface area (TPSA) is 74.2 Å². The van der Waals surface area contributed by atoms with Crippen LogP contribution in [0.25, 0.3) is 0 Å². The van der Waals surface area contributed by atoms with Crippen molar-refractivity contribution in [2.45, 2.75) is 44.8 Å². The lowest BCUT2D eigenvalue weighted by atomic mass is 10.0. The average molecular weight is 319 g/mol. The summed E-state index contributed by atoms with van der Waals surface area (Å²) in [4.78, 5) is 11.7. The zero-order valence-electron chi connectivity index (χ0n) is 13.1. The number of hydrogen-bond donors (Lipinski definition) is 2. The molecule has 0 aromatic heterocycles. The van der Waals surface area contributed by atoms with Gasteiger partial charge in [0, 0.05) is 25.3 Å². The number of rotatable bonds is 6. The second kappa shape index (κ2) is 9.11. The Morgan fingerprint density at radius 1 is 1.39 bits per heavy atom. The largest absolute Gasteiger partial charge is 0.378 e. The van der Waals surface area contributed by atoms with Gasteiger partial charge in [-0.2, -0.15) is 5.26 Å². The fraction of sp³-hybridized carbons (Fsp3) is 0.529. The van der Waals surface area contributed by atoms with E-state index in [9.17, 15) is 9.18 Å². The van der Waals surface area contributed by atoms with E-state index in [1.54, 1.807) is 0 Å². The summed E-state index contributed by atoms with van der Waals surface area (Å²) in [7, 11) is 0. The van der Waals surface area contributed by atoms with Crippen LogP contribution < -0.4 is 10.6 Å². The molecular weight excluding hydrogens is 297 g/mol. The highest BCUT2D eigenvalue weighted by atomic mass is 19.1. The van der Waals surface area contributed by atoms with Crippen molar-refractivity contribution >= 4 is 6.03 Å². The van der Waals surface area contributed by atoms with Crippen LogP contribution in [0.4, 0.5) is 9.18 Å². The highest BCUT2D eigenvalue weighted by Crippen LogP contribution is 2.16. The Balaban J connectivity index is 1.64. The number of ether oxygens (including phenoxy) is 1. The predicted octanol–water partition coefficient (Wildman–Crippen LogP) is 2.85. The average Bonchev–Trinajstić information content (AvgIpc) is 2.59. The number of amides is 2. The molecule has 1 aromatic carbocycles. The first kappa shape index (κ1) is 17.2. The molecule has 0 saturated carbocycles. The third-order valence-electron chi connectivity index (χ3n) is 3.88. The standard InChI is InChI=1S/C17H22FN3O2/c18-16-7-6-13(11-19)10-14(16)12-21-17(22)20-8-3-5-15-4-1-2-9-23-15/h6-7,10,15H,1-5,8-9,12H2,(H2,20,21,22)/t15-/m0/s1. The Morgan fingerprint density at radius 2 is 2.26 bits per heavy atom. The van der Waals surface area contributed by atoms with Crippen molar-refractivity contribution in [3.63, 3.8) is 0 Å². The Hall–Kier alpha value is -2.13. The molecule has 1 aliphatic heterocycles. The van der Waals surface area contributed by atoms with Gasteiger partial charge in [0.1, 0.15) is 5.82 Å². The Bertz CT molecular complexity index is 565. The molecule has 0 aliphatic carbocycles. The summed E-state index contributed by atoms with van der Waals surface area (Å²) in [6.07, 6.45) is 5.57. The van der Waals surface area contributed by atoms with E-state index in [1.165, 1.54) is 24.6 Å². The van der Waals surface area contributed by atoms with Crippen LogP contribution in [0.2, 0.25) is 0 Å². The van der Waals surface area contributed by atoms with Gasteiger partial charge in [-0.15, -0.1) is 0 Å². The lowest BCUT2D eigenvalue weighted by Crippen LogP contribution is -2.36. The molecule has 0 bridgehead atoms. The maximum Gasteiger partial charge on any atom is 0.315 e. The number of benzene rings is 1. The molecule has 1 aromatic rings. The third kappa shape index (κ3) is 5.87. The number of halogens is 1. The third-order valence-corrected chi connectivity index (χ3v) is 3.88. The van der Waals surface area contributed by atoms with Crippen molar-refractivity contribution in [3.8, 4) is 6.07 Å².